The zero-order valence-corrected chi connectivity index (χ0v) is 18.9. The molecule has 2 N–H and O–H groups in total. The van der Waals surface area contributed by atoms with E-state index in [1.807, 2.05) is 6.07 Å². The molecule has 1 saturated carbocycles. The van der Waals surface area contributed by atoms with E-state index >= 15 is 0 Å². The summed E-state index contributed by atoms with van der Waals surface area (Å²) in [4.78, 5) is 12.6. The fourth-order valence-corrected chi connectivity index (χ4v) is 4.88. The highest BCUT2D eigenvalue weighted by Crippen LogP contribution is 2.36. The maximum Gasteiger partial charge on any atom is 0.224 e. The van der Waals surface area contributed by atoms with Crippen molar-refractivity contribution >= 4 is 11.6 Å². The number of benzene rings is 2. The van der Waals surface area contributed by atoms with Crippen LogP contribution in [0.2, 0.25) is 0 Å². The molecule has 2 aromatic carbocycles. The highest BCUT2D eigenvalue weighted by Gasteiger charge is 2.30. The van der Waals surface area contributed by atoms with Gasteiger partial charge in [-0.05, 0) is 74.8 Å². The highest BCUT2D eigenvalue weighted by molar-refractivity contribution is 5.80. The van der Waals surface area contributed by atoms with Crippen LogP contribution in [-0.2, 0) is 4.79 Å². The third-order valence-electron chi connectivity index (χ3n) is 6.72. The van der Waals surface area contributed by atoms with Gasteiger partial charge in [0.15, 0.2) is 11.5 Å². The summed E-state index contributed by atoms with van der Waals surface area (Å²) in [6.45, 7) is 5.49. The van der Waals surface area contributed by atoms with Gasteiger partial charge in [-0.25, -0.2) is 0 Å². The summed E-state index contributed by atoms with van der Waals surface area (Å²) in [5, 5.41) is 6.64. The average Bonchev–Trinajstić information content (AvgIpc) is 3.27. The van der Waals surface area contributed by atoms with Gasteiger partial charge >= 0.3 is 0 Å². The highest BCUT2D eigenvalue weighted by atomic mass is 16.5. The van der Waals surface area contributed by atoms with Crippen LogP contribution in [0, 0.1) is 19.8 Å². The van der Waals surface area contributed by atoms with E-state index in [9.17, 15) is 4.79 Å². The maximum atomic E-state index is 12.6. The number of hydrogen-bond acceptors (Lipinski definition) is 4. The van der Waals surface area contributed by atoms with Crippen molar-refractivity contribution in [2.45, 2.75) is 58.0 Å². The van der Waals surface area contributed by atoms with Gasteiger partial charge in [-0.15, -0.1) is 0 Å². The van der Waals surface area contributed by atoms with Gasteiger partial charge in [-0.1, -0.05) is 24.3 Å². The Balaban J connectivity index is 1.46. The molecule has 0 unspecified atom stereocenters. The van der Waals surface area contributed by atoms with Crippen molar-refractivity contribution in [1.82, 2.24) is 5.32 Å². The quantitative estimate of drug-likeness (QED) is 0.662. The number of hydrogen-bond donors (Lipinski definition) is 2. The van der Waals surface area contributed by atoms with E-state index in [0.717, 1.165) is 36.4 Å². The first kappa shape index (κ1) is 21.5. The van der Waals surface area contributed by atoms with Crippen LogP contribution in [0.15, 0.2) is 36.4 Å². The zero-order chi connectivity index (χ0) is 21.8. The molecule has 2 fully saturated rings. The smallest absolute Gasteiger partial charge is 0.224 e. The zero-order valence-electron chi connectivity index (χ0n) is 18.9. The van der Waals surface area contributed by atoms with Crippen LogP contribution in [0.5, 0.6) is 11.5 Å². The van der Waals surface area contributed by atoms with Gasteiger partial charge in [0.2, 0.25) is 5.91 Å². The Labute approximate surface area is 185 Å². The first-order valence-electron chi connectivity index (χ1n) is 11.5. The summed E-state index contributed by atoms with van der Waals surface area (Å²) in [6, 6.07) is 12.5. The number of anilines is 1. The van der Waals surface area contributed by atoms with E-state index in [1.165, 1.54) is 29.5 Å². The van der Waals surface area contributed by atoms with Crippen molar-refractivity contribution in [2.75, 3.05) is 25.5 Å². The Hall–Kier alpha value is -2.69. The van der Waals surface area contributed by atoms with E-state index in [2.05, 4.69) is 54.8 Å². The SMILES string of the molecule is COc1ccc([C@H]2CNC(=O)[C@H](CNc3c(C)cccc3C)C2)cc1OC1CCCC1. The van der Waals surface area contributed by atoms with Crippen molar-refractivity contribution in [2.24, 2.45) is 5.92 Å². The summed E-state index contributed by atoms with van der Waals surface area (Å²) in [6.07, 6.45) is 5.79. The van der Waals surface area contributed by atoms with Crippen LogP contribution < -0.4 is 20.1 Å². The first-order valence-corrected chi connectivity index (χ1v) is 11.5. The van der Waals surface area contributed by atoms with Gasteiger partial charge in [0.1, 0.15) is 0 Å². The van der Waals surface area contributed by atoms with Crippen LogP contribution in [0.1, 0.15) is 54.7 Å². The van der Waals surface area contributed by atoms with Crippen LogP contribution in [0.4, 0.5) is 5.69 Å². The summed E-state index contributed by atoms with van der Waals surface area (Å²) in [7, 11) is 1.69. The third kappa shape index (κ3) is 4.97. The fourth-order valence-electron chi connectivity index (χ4n) is 4.88. The molecule has 0 bridgehead atoms. The number of amides is 1. The number of aryl methyl sites for hydroxylation is 2. The molecule has 2 aliphatic rings. The molecule has 2 atom stereocenters. The molecule has 5 nitrogen and oxygen atoms in total. The number of ether oxygens (including phenoxy) is 2. The third-order valence-corrected chi connectivity index (χ3v) is 6.72. The maximum absolute atomic E-state index is 12.6. The lowest BCUT2D eigenvalue weighted by Gasteiger charge is -2.30. The molecule has 1 amide bonds. The van der Waals surface area contributed by atoms with Crippen molar-refractivity contribution in [3.63, 3.8) is 0 Å². The molecule has 1 saturated heterocycles. The molecular weight excluding hydrogens is 388 g/mol. The van der Waals surface area contributed by atoms with Crippen LogP contribution in [0.25, 0.3) is 0 Å². The molecule has 1 heterocycles. The molecule has 4 rings (SSSR count). The average molecular weight is 423 g/mol. The second kappa shape index (κ2) is 9.63. The van der Waals surface area contributed by atoms with Gasteiger partial charge in [0.05, 0.1) is 19.1 Å². The second-order valence-electron chi connectivity index (χ2n) is 8.96. The number of para-hydroxylation sites is 1. The first-order chi connectivity index (χ1) is 15.0. The minimum atomic E-state index is -0.0703. The fraction of sp³-hybridized carbons (Fsp3) is 0.500. The Kier molecular flexibility index (Phi) is 6.69. The van der Waals surface area contributed by atoms with Crippen molar-refractivity contribution in [3.05, 3.63) is 53.1 Å². The summed E-state index contributed by atoms with van der Waals surface area (Å²) in [5.41, 5.74) is 4.74. The lowest BCUT2D eigenvalue weighted by Crippen LogP contribution is -2.43. The predicted octanol–water partition coefficient (Wildman–Crippen LogP) is 4.97. The summed E-state index contributed by atoms with van der Waals surface area (Å²) in [5.74, 6) is 1.93. The molecule has 1 aliphatic heterocycles. The number of carbonyl (C=O) groups is 1. The molecule has 5 heteroatoms. The van der Waals surface area contributed by atoms with Gasteiger partial charge in [-0.2, -0.15) is 0 Å². The lowest BCUT2D eigenvalue weighted by molar-refractivity contribution is -0.126. The molecule has 166 valence electrons. The number of rotatable bonds is 7. The van der Waals surface area contributed by atoms with Crippen molar-refractivity contribution < 1.29 is 14.3 Å². The van der Waals surface area contributed by atoms with Crippen LogP contribution >= 0.6 is 0 Å². The number of methoxy groups -OCH3 is 1. The molecule has 2 aromatic rings. The Morgan fingerprint density at radius 3 is 2.52 bits per heavy atom. The minimum Gasteiger partial charge on any atom is -0.493 e. The Morgan fingerprint density at radius 2 is 1.81 bits per heavy atom. The molecule has 0 spiro atoms. The molecule has 0 aromatic heterocycles. The van der Waals surface area contributed by atoms with Gasteiger partial charge < -0.3 is 20.1 Å². The van der Waals surface area contributed by atoms with Gasteiger partial charge in [-0.3, -0.25) is 4.79 Å². The summed E-state index contributed by atoms with van der Waals surface area (Å²) >= 11 is 0. The molecule has 0 radical (unpaired) electrons. The molecule has 31 heavy (non-hydrogen) atoms. The van der Waals surface area contributed by atoms with Crippen molar-refractivity contribution in [1.29, 1.82) is 0 Å². The second-order valence-corrected chi connectivity index (χ2v) is 8.96. The largest absolute Gasteiger partial charge is 0.493 e. The lowest BCUT2D eigenvalue weighted by atomic mass is 9.84. The van der Waals surface area contributed by atoms with E-state index in [1.54, 1.807) is 7.11 Å². The van der Waals surface area contributed by atoms with Gasteiger partial charge in [0.25, 0.3) is 0 Å². The number of carbonyl (C=O) groups excluding carboxylic acids is 1. The van der Waals surface area contributed by atoms with Gasteiger partial charge in [0, 0.05) is 24.7 Å². The molecular formula is C26H34N2O3. The van der Waals surface area contributed by atoms with E-state index in [-0.39, 0.29) is 23.8 Å². The topological polar surface area (TPSA) is 59.6 Å². The van der Waals surface area contributed by atoms with E-state index in [4.69, 9.17) is 9.47 Å². The molecule has 1 aliphatic carbocycles. The number of piperidine rings is 1. The van der Waals surface area contributed by atoms with Crippen LogP contribution in [0.3, 0.4) is 0 Å². The number of nitrogens with one attached hydrogen (secondary N) is 2. The Bertz CT molecular complexity index is 901. The summed E-state index contributed by atoms with van der Waals surface area (Å²) < 4.78 is 11.8. The van der Waals surface area contributed by atoms with E-state index < -0.39 is 0 Å². The van der Waals surface area contributed by atoms with Crippen LogP contribution in [-0.4, -0.2) is 32.2 Å². The minimum absolute atomic E-state index is 0.0703. The predicted molar refractivity (Wildman–Crippen MR) is 124 cm³/mol. The standard InChI is InChI=1S/C26H34N2O3/c1-17-7-6-8-18(2)25(17)27-16-21-13-20(15-28-26(21)29)19-11-12-23(30-3)24(14-19)31-22-9-4-5-10-22/h6-8,11-12,14,20-22,27H,4-5,9-10,13,15-16H2,1-3H3,(H,28,29)/t20-,21+/m1/s1. The normalized spacial score (nSPS) is 21.6. The monoisotopic (exact) mass is 422 g/mol. The Morgan fingerprint density at radius 1 is 1.06 bits per heavy atom. The van der Waals surface area contributed by atoms with E-state index in [0.29, 0.717) is 13.1 Å². The van der Waals surface area contributed by atoms with Crippen molar-refractivity contribution in [3.8, 4) is 11.5 Å².